The lowest BCUT2D eigenvalue weighted by atomic mass is 9.78. The molecule has 7 rings (SSSR count). The summed E-state index contributed by atoms with van der Waals surface area (Å²) in [5, 5.41) is 8.73. The van der Waals surface area contributed by atoms with Crippen LogP contribution in [-0.4, -0.2) is 27.6 Å². The average Bonchev–Trinajstić information content (AvgIpc) is 3.85. The highest BCUT2D eigenvalue weighted by Crippen LogP contribution is 2.56. The summed E-state index contributed by atoms with van der Waals surface area (Å²) < 4.78 is 15.2. The van der Waals surface area contributed by atoms with E-state index in [9.17, 15) is 14.0 Å². The van der Waals surface area contributed by atoms with Gasteiger partial charge in [-0.1, -0.05) is 30.3 Å². The minimum Gasteiger partial charge on any atom is -0.350 e. The van der Waals surface area contributed by atoms with E-state index in [1.165, 1.54) is 12.1 Å². The predicted molar refractivity (Wildman–Crippen MR) is 139 cm³/mol. The van der Waals surface area contributed by atoms with Crippen molar-refractivity contribution in [1.29, 1.82) is 0 Å². The number of hydrogen-bond donors (Lipinski definition) is 1. The molecule has 6 nitrogen and oxygen atoms in total. The molecule has 0 unspecified atom stereocenters. The van der Waals surface area contributed by atoms with Crippen LogP contribution in [0.25, 0.3) is 16.6 Å². The summed E-state index contributed by atoms with van der Waals surface area (Å²) in [5.74, 6) is 0.128. The lowest BCUT2D eigenvalue weighted by molar-refractivity contribution is -0.123. The Labute approximate surface area is 214 Å². The van der Waals surface area contributed by atoms with Crippen molar-refractivity contribution in [2.24, 2.45) is 11.8 Å². The summed E-state index contributed by atoms with van der Waals surface area (Å²) in [7, 11) is 0. The molecule has 4 aromatic rings. The Morgan fingerprint density at radius 3 is 2.38 bits per heavy atom. The first-order valence-corrected chi connectivity index (χ1v) is 13.0. The molecule has 2 atom stereocenters. The Morgan fingerprint density at radius 1 is 0.946 bits per heavy atom. The number of hydrogen-bond acceptors (Lipinski definition) is 3. The number of anilines is 1. The second-order valence-electron chi connectivity index (χ2n) is 10.5. The third-order valence-electron chi connectivity index (χ3n) is 8.11. The predicted octanol–water partition coefficient (Wildman–Crippen LogP) is 5.10. The summed E-state index contributed by atoms with van der Waals surface area (Å²) in [6, 6.07) is 22.1. The van der Waals surface area contributed by atoms with Gasteiger partial charge in [0.05, 0.1) is 35.4 Å². The van der Waals surface area contributed by atoms with Crippen LogP contribution in [0.3, 0.4) is 0 Å². The van der Waals surface area contributed by atoms with Gasteiger partial charge in [0.15, 0.2) is 0 Å². The van der Waals surface area contributed by atoms with E-state index in [1.807, 2.05) is 41.3 Å². The molecule has 7 heteroatoms. The van der Waals surface area contributed by atoms with Crippen LogP contribution in [0.1, 0.15) is 37.7 Å². The molecule has 37 heavy (non-hydrogen) atoms. The zero-order valence-corrected chi connectivity index (χ0v) is 20.3. The van der Waals surface area contributed by atoms with Crippen LogP contribution in [0.2, 0.25) is 0 Å². The highest BCUT2D eigenvalue weighted by atomic mass is 19.1. The molecule has 0 radical (unpaired) electrons. The van der Waals surface area contributed by atoms with Crippen LogP contribution < -0.4 is 10.2 Å². The summed E-state index contributed by atoms with van der Waals surface area (Å²) in [5.41, 5.74) is 2.86. The van der Waals surface area contributed by atoms with Crippen molar-refractivity contribution in [2.75, 3.05) is 4.90 Å². The zero-order valence-electron chi connectivity index (χ0n) is 20.3. The highest BCUT2D eigenvalue weighted by Gasteiger charge is 2.62. The largest absolute Gasteiger partial charge is 0.350 e. The first-order chi connectivity index (χ1) is 18.1. The number of halogens is 1. The Morgan fingerprint density at radius 2 is 1.68 bits per heavy atom. The molecule has 1 saturated heterocycles. The summed E-state index contributed by atoms with van der Waals surface area (Å²) in [6.45, 7) is 0. The van der Waals surface area contributed by atoms with E-state index in [4.69, 9.17) is 0 Å². The second kappa shape index (κ2) is 8.26. The van der Waals surface area contributed by atoms with E-state index in [1.54, 1.807) is 23.0 Å². The molecule has 2 heterocycles. The molecule has 0 spiro atoms. The fourth-order valence-corrected chi connectivity index (χ4v) is 6.15. The number of nitrogens with one attached hydrogen (secondary N) is 1. The van der Waals surface area contributed by atoms with Crippen molar-refractivity contribution in [2.45, 2.75) is 43.7 Å². The molecular formula is C30H27FN4O2. The van der Waals surface area contributed by atoms with Crippen molar-refractivity contribution in [3.05, 3.63) is 90.4 Å². The molecule has 1 N–H and O–H groups in total. The number of benzene rings is 3. The van der Waals surface area contributed by atoms with E-state index in [-0.39, 0.29) is 41.9 Å². The summed E-state index contributed by atoms with van der Waals surface area (Å²) in [4.78, 5) is 28.7. The lowest BCUT2D eigenvalue weighted by Gasteiger charge is -2.43. The zero-order chi connectivity index (χ0) is 25.1. The topological polar surface area (TPSA) is 67.2 Å². The quantitative estimate of drug-likeness (QED) is 0.406. The number of carbonyl (C=O) groups excluding carboxylic acids is 2. The van der Waals surface area contributed by atoms with Gasteiger partial charge in [0.1, 0.15) is 5.82 Å². The summed E-state index contributed by atoms with van der Waals surface area (Å²) >= 11 is 0. The van der Waals surface area contributed by atoms with Gasteiger partial charge in [-0.3, -0.25) is 14.5 Å². The molecule has 3 aromatic carbocycles. The molecule has 1 aromatic heterocycles. The maximum absolute atomic E-state index is 13.8. The maximum atomic E-state index is 13.8. The third-order valence-corrected chi connectivity index (χ3v) is 8.11. The van der Waals surface area contributed by atoms with Crippen molar-refractivity contribution in [1.82, 2.24) is 15.1 Å². The van der Waals surface area contributed by atoms with Gasteiger partial charge in [0, 0.05) is 17.0 Å². The Bertz CT molecular complexity index is 1510. The molecule has 186 valence electrons. The van der Waals surface area contributed by atoms with Crippen molar-refractivity contribution in [3.63, 3.8) is 0 Å². The number of aromatic nitrogens is 2. The molecule has 3 fully saturated rings. The first kappa shape index (κ1) is 22.2. The van der Waals surface area contributed by atoms with Gasteiger partial charge in [0.25, 0.3) is 0 Å². The van der Waals surface area contributed by atoms with Crippen molar-refractivity contribution in [3.8, 4) is 5.69 Å². The number of amides is 2. The number of nitrogens with zero attached hydrogens (tertiary/aromatic N) is 3. The molecule has 3 aliphatic rings. The van der Waals surface area contributed by atoms with E-state index < -0.39 is 5.54 Å². The standard InChI is InChI=1S/C30H27FN4O2/c31-23-10-12-24(13-11-23)35-26-15-14-25(16-20(26)18-32-35)34-28(36)17-27(33-29(37)19-6-7-19)30(34,22-8-9-22)21-4-2-1-3-5-21/h1-5,10-16,18-19,22,27H,6-9,17H2,(H,33,37)/t27-,30+/m1/s1. The van der Waals surface area contributed by atoms with Gasteiger partial charge < -0.3 is 5.32 Å². The van der Waals surface area contributed by atoms with Gasteiger partial charge in [-0.15, -0.1) is 0 Å². The molecule has 1 aliphatic heterocycles. The fourth-order valence-electron chi connectivity index (χ4n) is 6.15. The second-order valence-corrected chi connectivity index (χ2v) is 10.5. The minimum absolute atomic E-state index is 0.0159. The third kappa shape index (κ3) is 3.56. The van der Waals surface area contributed by atoms with Crippen LogP contribution in [0.4, 0.5) is 10.1 Å². The van der Waals surface area contributed by atoms with Crippen LogP contribution in [0.5, 0.6) is 0 Å². The van der Waals surface area contributed by atoms with Gasteiger partial charge in [0.2, 0.25) is 11.8 Å². The molecule has 2 aliphatic carbocycles. The van der Waals surface area contributed by atoms with E-state index in [2.05, 4.69) is 22.5 Å². The first-order valence-electron chi connectivity index (χ1n) is 13.0. The number of rotatable bonds is 6. The van der Waals surface area contributed by atoms with E-state index >= 15 is 0 Å². The molecule has 0 bridgehead atoms. The monoisotopic (exact) mass is 494 g/mol. The summed E-state index contributed by atoms with van der Waals surface area (Å²) in [6.07, 6.45) is 5.92. The van der Waals surface area contributed by atoms with E-state index in [0.29, 0.717) is 0 Å². The number of fused-ring (bicyclic) bond motifs is 1. The molecule has 2 saturated carbocycles. The van der Waals surface area contributed by atoms with Crippen molar-refractivity contribution >= 4 is 28.4 Å². The molecule has 2 amide bonds. The van der Waals surface area contributed by atoms with Crippen LogP contribution in [0.15, 0.2) is 79.0 Å². The fraction of sp³-hybridized carbons (Fsp3) is 0.300. The van der Waals surface area contributed by atoms with Crippen LogP contribution in [0, 0.1) is 17.7 Å². The lowest BCUT2D eigenvalue weighted by Crippen LogP contribution is -2.56. The number of carbonyl (C=O) groups is 2. The highest BCUT2D eigenvalue weighted by molar-refractivity contribution is 6.01. The average molecular weight is 495 g/mol. The molecular weight excluding hydrogens is 467 g/mol. The smallest absolute Gasteiger partial charge is 0.230 e. The van der Waals surface area contributed by atoms with Gasteiger partial charge in [-0.2, -0.15) is 5.10 Å². The van der Waals surface area contributed by atoms with Gasteiger partial charge >= 0.3 is 0 Å². The maximum Gasteiger partial charge on any atom is 0.230 e. The van der Waals surface area contributed by atoms with Gasteiger partial charge in [-0.25, -0.2) is 9.07 Å². The van der Waals surface area contributed by atoms with Crippen molar-refractivity contribution < 1.29 is 14.0 Å². The SMILES string of the molecule is O=C(N[C@@H]1CC(=O)N(c2ccc3c(cnn3-c3ccc(F)cc3)c2)[C@@]1(c1ccccc1)C1CC1)C1CC1. The van der Waals surface area contributed by atoms with E-state index in [0.717, 1.165) is 53.5 Å². The minimum atomic E-state index is -0.635. The van der Waals surface area contributed by atoms with Crippen LogP contribution in [-0.2, 0) is 15.1 Å². The normalized spacial score (nSPS) is 23.5. The Balaban J connectivity index is 1.34. The Hall–Kier alpha value is -4.00. The van der Waals surface area contributed by atoms with Gasteiger partial charge in [-0.05, 0) is 79.6 Å². The van der Waals surface area contributed by atoms with Crippen LogP contribution >= 0.6 is 0 Å². The Kier molecular flexibility index (Phi) is 4.96.